The zero-order chi connectivity index (χ0) is 14.4. The first-order valence-electron chi connectivity index (χ1n) is 6.25. The molecule has 20 heavy (non-hydrogen) atoms. The lowest BCUT2D eigenvalue weighted by molar-refractivity contribution is -0.118. The van der Waals surface area contributed by atoms with Gasteiger partial charge in [-0.15, -0.1) is 0 Å². The van der Waals surface area contributed by atoms with Crippen LogP contribution in [0.3, 0.4) is 0 Å². The molecule has 2 rings (SSSR count). The number of carbonyl (C=O) groups is 1. The van der Waals surface area contributed by atoms with E-state index in [1.807, 2.05) is 17.0 Å². The molecule has 0 radical (unpaired) electrons. The molecule has 1 aliphatic heterocycles. The van der Waals surface area contributed by atoms with Gasteiger partial charge < -0.3 is 10.1 Å². The normalized spacial score (nSPS) is 18.8. The SMILES string of the molecule is N#Cc1cccc(NC(=O)CN2CCOC(C#N)C2)c1. The Labute approximate surface area is 117 Å². The third-order valence-electron chi connectivity index (χ3n) is 2.94. The molecule has 1 unspecified atom stereocenters. The van der Waals surface area contributed by atoms with Crippen molar-refractivity contribution in [3.63, 3.8) is 0 Å². The molecule has 0 saturated carbocycles. The van der Waals surface area contributed by atoms with Crippen LogP contribution in [0.4, 0.5) is 5.69 Å². The van der Waals surface area contributed by atoms with Gasteiger partial charge in [0.2, 0.25) is 5.91 Å². The van der Waals surface area contributed by atoms with Crippen molar-refractivity contribution in [2.75, 3.05) is 31.6 Å². The van der Waals surface area contributed by atoms with Crippen molar-refractivity contribution in [2.24, 2.45) is 0 Å². The van der Waals surface area contributed by atoms with E-state index in [0.717, 1.165) is 0 Å². The summed E-state index contributed by atoms with van der Waals surface area (Å²) in [6, 6.07) is 10.8. The Morgan fingerprint density at radius 3 is 3.10 bits per heavy atom. The molecule has 0 spiro atoms. The summed E-state index contributed by atoms with van der Waals surface area (Å²) in [5.41, 5.74) is 1.10. The summed E-state index contributed by atoms with van der Waals surface area (Å²) < 4.78 is 5.22. The van der Waals surface area contributed by atoms with Crippen LogP contribution in [0, 0.1) is 22.7 Å². The Hall–Kier alpha value is -2.41. The average molecular weight is 270 g/mol. The number of hydrogen-bond donors (Lipinski definition) is 1. The summed E-state index contributed by atoms with van der Waals surface area (Å²) in [5.74, 6) is -0.168. The molecule has 1 atom stereocenters. The first kappa shape index (κ1) is 14.0. The van der Waals surface area contributed by atoms with Gasteiger partial charge in [-0.05, 0) is 18.2 Å². The van der Waals surface area contributed by atoms with Gasteiger partial charge in [-0.25, -0.2) is 0 Å². The molecular formula is C14H14N4O2. The van der Waals surface area contributed by atoms with Crippen LogP contribution < -0.4 is 5.32 Å². The smallest absolute Gasteiger partial charge is 0.238 e. The Morgan fingerprint density at radius 1 is 1.50 bits per heavy atom. The Morgan fingerprint density at radius 2 is 2.35 bits per heavy atom. The summed E-state index contributed by atoms with van der Waals surface area (Å²) in [5, 5.41) is 20.3. The molecule has 6 heteroatoms. The predicted octanol–water partition coefficient (Wildman–Crippen LogP) is 0.721. The molecule has 0 aromatic heterocycles. The maximum atomic E-state index is 11.9. The monoisotopic (exact) mass is 270 g/mol. The minimum atomic E-state index is -0.474. The van der Waals surface area contributed by atoms with Crippen molar-refractivity contribution in [3.8, 4) is 12.1 Å². The van der Waals surface area contributed by atoms with Gasteiger partial charge in [-0.1, -0.05) is 6.07 Å². The largest absolute Gasteiger partial charge is 0.361 e. The highest BCUT2D eigenvalue weighted by Gasteiger charge is 2.21. The zero-order valence-electron chi connectivity index (χ0n) is 10.9. The fourth-order valence-electron chi connectivity index (χ4n) is 1.99. The third kappa shape index (κ3) is 3.79. The molecular weight excluding hydrogens is 256 g/mol. The van der Waals surface area contributed by atoms with Crippen LogP contribution >= 0.6 is 0 Å². The van der Waals surface area contributed by atoms with E-state index in [-0.39, 0.29) is 12.5 Å². The van der Waals surface area contributed by atoms with Crippen LogP contribution in [0.5, 0.6) is 0 Å². The van der Waals surface area contributed by atoms with Gasteiger partial charge in [0.15, 0.2) is 6.10 Å². The first-order valence-corrected chi connectivity index (χ1v) is 6.25. The standard InChI is InChI=1S/C14H14N4O2/c15-7-11-2-1-3-12(6-11)17-14(19)10-18-4-5-20-13(8-16)9-18/h1-3,6,13H,4-5,9-10H2,(H,17,19). The number of anilines is 1. The van der Waals surface area contributed by atoms with Crippen LogP contribution in [0.1, 0.15) is 5.56 Å². The topological polar surface area (TPSA) is 89.2 Å². The molecule has 6 nitrogen and oxygen atoms in total. The molecule has 1 aliphatic rings. The molecule has 1 fully saturated rings. The third-order valence-corrected chi connectivity index (χ3v) is 2.94. The molecule has 1 aromatic rings. The fourth-order valence-corrected chi connectivity index (χ4v) is 1.99. The number of morpholine rings is 1. The highest BCUT2D eigenvalue weighted by molar-refractivity contribution is 5.92. The number of nitrogens with one attached hydrogen (secondary N) is 1. The average Bonchev–Trinajstić information content (AvgIpc) is 2.47. The maximum Gasteiger partial charge on any atom is 0.238 e. The number of amides is 1. The summed E-state index contributed by atoms with van der Waals surface area (Å²) in [6.07, 6.45) is -0.474. The molecule has 0 bridgehead atoms. The number of hydrogen-bond acceptors (Lipinski definition) is 5. The van der Waals surface area contributed by atoms with Gasteiger partial charge in [0, 0.05) is 18.8 Å². The van der Waals surface area contributed by atoms with Gasteiger partial charge in [-0.2, -0.15) is 10.5 Å². The van der Waals surface area contributed by atoms with Crippen molar-refractivity contribution < 1.29 is 9.53 Å². The summed E-state index contributed by atoms with van der Waals surface area (Å²) >= 11 is 0. The van der Waals surface area contributed by atoms with E-state index in [1.165, 1.54) is 0 Å². The van der Waals surface area contributed by atoms with Gasteiger partial charge in [0.25, 0.3) is 0 Å². The van der Waals surface area contributed by atoms with Crippen LogP contribution in [-0.2, 0) is 9.53 Å². The zero-order valence-corrected chi connectivity index (χ0v) is 10.9. The summed E-state index contributed by atoms with van der Waals surface area (Å²) in [6.45, 7) is 1.72. The van der Waals surface area contributed by atoms with Crippen molar-refractivity contribution in [3.05, 3.63) is 29.8 Å². The van der Waals surface area contributed by atoms with Gasteiger partial charge in [0.05, 0.1) is 30.9 Å². The number of rotatable bonds is 3. The number of carbonyl (C=O) groups excluding carboxylic acids is 1. The van der Waals surface area contributed by atoms with Crippen LogP contribution in [-0.4, -0.2) is 43.2 Å². The van der Waals surface area contributed by atoms with E-state index >= 15 is 0 Å². The van der Waals surface area contributed by atoms with Crippen molar-refractivity contribution in [2.45, 2.75) is 6.10 Å². The molecule has 1 N–H and O–H groups in total. The number of benzene rings is 1. The van der Waals surface area contributed by atoms with Crippen LogP contribution in [0.25, 0.3) is 0 Å². The molecule has 1 heterocycles. The Bertz CT molecular complexity index is 573. The number of nitrogens with zero attached hydrogens (tertiary/aromatic N) is 3. The second-order valence-corrected chi connectivity index (χ2v) is 4.46. The van der Waals surface area contributed by atoms with Crippen LogP contribution in [0.15, 0.2) is 24.3 Å². The van der Waals surface area contributed by atoms with E-state index in [4.69, 9.17) is 15.3 Å². The predicted molar refractivity (Wildman–Crippen MR) is 71.6 cm³/mol. The number of nitriles is 2. The Kier molecular flexibility index (Phi) is 4.67. The summed E-state index contributed by atoms with van der Waals surface area (Å²) in [4.78, 5) is 13.8. The quantitative estimate of drug-likeness (QED) is 0.874. The van der Waals surface area contributed by atoms with Crippen molar-refractivity contribution >= 4 is 11.6 Å². The molecule has 1 amide bonds. The highest BCUT2D eigenvalue weighted by atomic mass is 16.5. The molecule has 1 saturated heterocycles. The fraction of sp³-hybridized carbons (Fsp3) is 0.357. The van der Waals surface area contributed by atoms with Gasteiger partial charge in [-0.3, -0.25) is 9.69 Å². The van der Waals surface area contributed by atoms with E-state index in [2.05, 4.69) is 5.32 Å². The van der Waals surface area contributed by atoms with Gasteiger partial charge >= 0.3 is 0 Å². The minimum Gasteiger partial charge on any atom is -0.361 e. The van der Waals surface area contributed by atoms with E-state index in [0.29, 0.717) is 30.9 Å². The lowest BCUT2D eigenvalue weighted by Gasteiger charge is -2.28. The highest BCUT2D eigenvalue weighted by Crippen LogP contribution is 2.10. The first-order chi connectivity index (χ1) is 9.71. The molecule has 0 aliphatic carbocycles. The molecule has 1 aromatic carbocycles. The van der Waals surface area contributed by atoms with Crippen molar-refractivity contribution in [1.82, 2.24) is 4.90 Å². The Balaban J connectivity index is 1.89. The second kappa shape index (κ2) is 6.67. The van der Waals surface area contributed by atoms with Crippen molar-refractivity contribution in [1.29, 1.82) is 10.5 Å². The minimum absolute atomic E-state index is 0.168. The lowest BCUT2D eigenvalue weighted by atomic mass is 10.2. The number of ether oxygens (including phenoxy) is 1. The van der Waals surface area contributed by atoms with E-state index in [9.17, 15) is 4.79 Å². The van der Waals surface area contributed by atoms with Crippen LogP contribution in [0.2, 0.25) is 0 Å². The second-order valence-electron chi connectivity index (χ2n) is 4.46. The van der Waals surface area contributed by atoms with E-state index < -0.39 is 6.10 Å². The lowest BCUT2D eigenvalue weighted by Crippen LogP contribution is -2.45. The molecule has 102 valence electrons. The maximum absolute atomic E-state index is 11.9. The van der Waals surface area contributed by atoms with E-state index in [1.54, 1.807) is 24.3 Å². The van der Waals surface area contributed by atoms with Gasteiger partial charge in [0.1, 0.15) is 0 Å². The summed E-state index contributed by atoms with van der Waals surface area (Å²) in [7, 11) is 0.